The monoisotopic (exact) mass is 270 g/mol. The summed E-state index contributed by atoms with van der Waals surface area (Å²) in [7, 11) is 0. The highest BCUT2D eigenvalue weighted by Crippen LogP contribution is 2.38. The lowest BCUT2D eigenvalue weighted by molar-refractivity contribution is -0.147. The van der Waals surface area contributed by atoms with E-state index in [0.717, 1.165) is 31.3 Å². The number of carbonyl (C=O) groups is 1. The largest absolute Gasteiger partial charge is 0.455 e. The van der Waals surface area contributed by atoms with Crippen LogP contribution in [0.2, 0.25) is 0 Å². The summed E-state index contributed by atoms with van der Waals surface area (Å²) >= 11 is 4.74. The first-order chi connectivity index (χ1) is 8.39. The number of rotatable bonds is 5. The predicted octanol–water partition coefficient (Wildman–Crippen LogP) is 2.24. The fraction of sp³-hybridized carbons (Fsp3) is 0.692. The van der Waals surface area contributed by atoms with Gasteiger partial charge in [0.25, 0.3) is 0 Å². The Balaban J connectivity index is 2.68. The van der Waals surface area contributed by atoms with Gasteiger partial charge in [-0.2, -0.15) is 0 Å². The van der Waals surface area contributed by atoms with Crippen molar-refractivity contribution in [3.63, 3.8) is 0 Å². The fourth-order valence-electron chi connectivity index (χ4n) is 2.14. The van der Waals surface area contributed by atoms with Crippen LogP contribution in [0.3, 0.4) is 0 Å². The SMILES string of the molecule is CCCC[C@@H]1C[C@](C)(/C(C)=C\NC(N)=S)OC1=O. The van der Waals surface area contributed by atoms with E-state index in [2.05, 4.69) is 12.2 Å². The van der Waals surface area contributed by atoms with Gasteiger partial charge in [-0.05, 0) is 38.1 Å². The van der Waals surface area contributed by atoms with Crippen LogP contribution in [0.25, 0.3) is 0 Å². The summed E-state index contributed by atoms with van der Waals surface area (Å²) in [5, 5.41) is 2.99. The van der Waals surface area contributed by atoms with Gasteiger partial charge < -0.3 is 15.8 Å². The molecule has 0 saturated carbocycles. The van der Waals surface area contributed by atoms with E-state index >= 15 is 0 Å². The number of cyclic esters (lactones) is 1. The standard InChI is InChI=1S/C13H22N2O2S/c1-4-5-6-10-7-13(3,17-11(10)16)9(2)8-15-12(14)18/h8,10H,4-7H2,1-3H3,(H3,14,15,18)/b9-8-/t10-,13-/m1/s1. The van der Waals surface area contributed by atoms with Crippen LogP contribution in [0.4, 0.5) is 0 Å². The second kappa shape index (κ2) is 6.18. The van der Waals surface area contributed by atoms with Crippen LogP contribution >= 0.6 is 12.2 Å². The first-order valence-corrected chi connectivity index (χ1v) is 6.76. The molecule has 0 radical (unpaired) electrons. The molecule has 1 fully saturated rings. The summed E-state index contributed by atoms with van der Waals surface area (Å²) in [5.41, 5.74) is 5.77. The molecule has 5 heteroatoms. The molecule has 0 amide bonds. The quantitative estimate of drug-likeness (QED) is 0.592. The topological polar surface area (TPSA) is 64.3 Å². The van der Waals surface area contributed by atoms with E-state index in [1.807, 2.05) is 13.8 Å². The van der Waals surface area contributed by atoms with Crippen LogP contribution in [-0.2, 0) is 9.53 Å². The summed E-state index contributed by atoms with van der Waals surface area (Å²) < 4.78 is 5.52. The lowest BCUT2D eigenvalue weighted by Gasteiger charge is -2.23. The number of nitrogens with one attached hydrogen (secondary N) is 1. The Hall–Kier alpha value is -1.10. The highest BCUT2D eigenvalue weighted by Gasteiger charge is 2.43. The first-order valence-electron chi connectivity index (χ1n) is 6.35. The second-order valence-electron chi connectivity index (χ2n) is 5.03. The van der Waals surface area contributed by atoms with Gasteiger partial charge >= 0.3 is 5.97 Å². The van der Waals surface area contributed by atoms with Crippen molar-refractivity contribution in [2.75, 3.05) is 0 Å². The van der Waals surface area contributed by atoms with E-state index in [1.54, 1.807) is 6.20 Å². The zero-order valence-corrected chi connectivity index (χ0v) is 12.1. The van der Waals surface area contributed by atoms with Crippen molar-refractivity contribution in [1.29, 1.82) is 0 Å². The molecule has 0 bridgehead atoms. The van der Waals surface area contributed by atoms with Crippen LogP contribution in [0.5, 0.6) is 0 Å². The van der Waals surface area contributed by atoms with Gasteiger partial charge in [0.15, 0.2) is 5.11 Å². The lowest BCUT2D eigenvalue weighted by Crippen LogP contribution is -2.30. The van der Waals surface area contributed by atoms with Gasteiger partial charge in [-0.1, -0.05) is 19.8 Å². The van der Waals surface area contributed by atoms with Crippen molar-refractivity contribution >= 4 is 23.3 Å². The molecule has 1 rings (SSSR count). The smallest absolute Gasteiger partial charge is 0.309 e. The summed E-state index contributed by atoms with van der Waals surface area (Å²) in [4.78, 5) is 11.8. The molecule has 1 heterocycles. The molecule has 4 nitrogen and oxygen atoms in total. The Morgan fingerprint density at radius 2 is 2.39 bits per heavy atom. The van der Waals surface area contributed by atoms with Crippen LogP contribution in [0.1, 0.15) is 46.5 Å². The van der Waals surface area contributed by atoms with E-state index in [9.17, 15) is 4.79 Å². The molecule has 2 atom stereocenters. The van der Waals surface area contributed by atoms with Crippen LogP contribution in [-0.4, -0.2) is 16.7 Å². The Labute approximate surface area is 114 Å². The summed E-state index contributed by atoms with van der Waals surface area (Å²) in [5.74, 6) is -0.0721. The Morgan fingerprint density at radius 1 is 1.72 bits per heavy atom. The number of nitrogens with two attached hydrogens (primary N) is 1. The molecule has 1 aliphatic heterocycles. The molecule has 0 aromatic carbocycles. The molecule has 0 unspecified atom stereocenters. The zero-order chi connectivity index (χ0) is 13.8. The van der Waals surface area contributed by atoms with Crippen molar-refractivity contribution in [3.05, 3.63) is 11.8 Å². The minimum Gasteiger partial charge on any atom is -0.455 e. The van der Waals surface area contributed by atoms with Gasteiger partial charge in [0.05, 0.1) is 5.92 Å². The predicted molar refractivity (Wildman–Crippen MR) is 75.8 cm³/mol. The van der Waals surface area contributed by atoms with Gasteiger partial charge in [0.1, 0.15) is 5.60 Å². The maximum atomic E-state index is 11.8. The highest BCUT2D eigenvalue weighted by atomic mass is 32.1. The maximum absolute atomic E-state index is 11.8. The zero-order valence-electron chi connectivity index (χ0n) is 11.3. The molecule has 3 N–H and O–H groups in total. The van der Waals surface area contributed by atoms with Crippen LogP contribution < -0.4 is 11.1 Å². The van der Waals surface area contributed by atoms with Gasteiger partial charge in [0.2, 0.25) is 0 Å². The third-order valence-corrected chi connectivity index (χ3v) is 3.58. The number of hydrogen-bond donors (Lipinski definition) is 2. The number of ether oxygens (including phenoxy) is 1. The van der Waals surface area contributed by atoms with Crippen LogP contribution in [0.15, 0.2) is 11.8 Å². The van der Waals surface area contributed by atoms with E-state index in [4.69, 9.17) is 22.7 Å². The Morgan fingerprint density at radius 3 is 2.94 bits per heavy atom. The first kappa shape index (κ1) is 15.0. The number of hydrogen-bond acceptors (Lipinski definition) is 3. The van der Waals surface area contributed by atoms with Crippen molar-refractivity contribution < 1.29 is 9.53 Å². The van der Waals surface area contributed by atoms with E-state index in [1.165, 1.54) is 0 Å². The highest BCUT2D eigenvalue weighted by molar-refractivity contribution is 7.80. The second-order valence-corrected chi connectivity index (χ2v) is 5.47. The van der Waals surface area contributed by atoms with Crippen molar-refractivity contribution in [1.82, 2.24) is 5.32 Å². The molecule has 0 aromatic rings. The third kappa shape index (κ3) is 3.70. The van der Waals surface area contributed by atoms with E-state index in [-0.39, 0.29) is 17.0 Å². The average Bonchev–Trinajstić information content (AvgIpc) is 2.59. The average molecular weight is 270 g/mol. The van der Waals surface area contributed by atoms with E-state index in [0.29, 0.717) is 0 Å². The molecule has 0 aromatic heterocycles. The lowest BCUT2D eigenvalue weighted by atomic mass is 9.87. The Kier molecular flexibility index (Phi) is 5.14. The molecule has 102 valence electrons. The molecular formula is C13H22N2O2S. The van der Waals surface area contributed by atoms with Crippen molar-refractivity contribution in [3.8, 4) is 0 Å². The van der Waals surface area contributed by atoms with Gasteiger partial charge in [-0.15, -0.1) is 0 Å². The molecule has 0 aliphatic carbocycles. The summed E-state index contributed by atoms with van der Waals surface area (Å²) in [6.07, 6.45) is 5.51. The minimum absolute atomic E-state index is 0.0168. The number of unbranched alkanes of at least 4 members (excludes halogenated alkanes) is 1. The molecule has 18 heavy (non-hydrogen) atoms. The molecule has 0 spiro atoms. The van der Waals surface area contributed by atoms with Gasteiger partial charge in [0, 0.05) is 12.6 Å². The Bertz CT molecular complexity index is 368. The summed E-state index contributed by atoms with van der Waals surface area (Å²) in [6, 6.07) is 0. The third-order valence-electron chi connectivity index (χ3n) is 3.47. The minimum atomic E-state index is -0.534. The van der Waals surface area contributed by atoms with Crippen molar-refractivity contribution in [2.45, 2.75) is 52.1 Å². The molecular weight excluding hydrogens is 248 g/mol. The fourth-order valence-corrected chi connectivity index (χ4v) is 2.20. The maximum Gasteiger partial charge on any atom is 0.309 e. The number of thiocarbonyl (C=S) groups is 1. The number of carbonyl (C=O) groups excluding carboxylic acids is 1. The van der Waals surface area contributed by atoms with Crippen molar-refractivity contribution in [2.24, 2.45) is 11.7 Å². The number of esters is 1. The van der Waals surface area contributed by atoms with Crippen LogP contribution in [0, 0.1) is 5.92 Å². The van der Waals surface area contributed by atoms with Gasteiger partial charge in [-0.3, -0.25) is 4.79 Å². The molecule has 1 saturated heterocycles. The molecule has 1 aliphatic rings. The van der Waals surface area contributed by atoms with E-state index < -0.39 is 5.60 Å². The normalized spacial score (nSPS) is 28.1. The summed E-state index contributed by atoms with van der Waals surface area (Å²) in [6.45, 7) is 5.97. The van der Waals surface area contributed by atoms with Gasteiger partial charge in [-0.25, -0.2) is 0 Å².